The highest BCUT2D eigenvalue weighted by atomic mass is 16.5. The highest BCUT2D eigenvalue weighted by Crippen LogP contribution is 2.03. The predicted molar refractivity (Wildman–Crippen MR) is 46.1 cm³/mol. The van der Waals surface area contributed by atoms with Crippen LogP contribution < -0.4 is 5.32 Å². The minimum absolute atomic E-state index is 0.0393. The van der Waals surface area contributed by atoms with Crippen molar-refractivity contribution in [1.29, 1.82) is 0 Å². The van der Waals surface area contributed by atoms with Gasteiger partial charge in [0.25, 0.3) is 0 Å². The van der Waals surface area contributed by atoms with Crippen molar-refractivity contribution in [2.24, 2.45) is 0 Å². The summed E-state index contributed by atoms with van der Waals surface area (Å²) in [5.41, 5.74) is 0. The molecule has 5 heteroatoms. The molecule has 0 spiro atoms. The number of nitrogens with zero attached hydrogens (tertiary/aromatic N) is 1. The minimum atomic E-state index is -0.378. The topological polar surface area (TPSA) is 58.6 Å². The maximum atomic E-state index is 11.4. The van der Waals surface area contributed by atoms with Crippen molar-refractivity contribution in [1.82, 2.24) is 10.2 Å². The number of hydrogen-bond acceptors (Lipinski definition) is 3. The summed E-state index contributed by atoms with van der Waals surface area (Å²) in [7, 11) is 1.46. The number of nitrogens with one attached hydrogen (secondary N) is 1. The maximum Gasteiger partial charge on any atom is 0.249 e. The predicted octanol–water partition coefficient (Wildman–Crippen LogP) is -1.02. The van der Waals surface area contributed by atoms with Gasteiger partial charge in [-0.15, -0.1) is 0 Å². The second-order valence-electron chi connectivity index (χ2n) is 2.99. The van der Waals surface area contributed by atoms with Crippen molar-refractivity contribution in [3.8, 4) is 0 Å². The van der Waals surface area contributed by atoms with Crippen molar-refractivity contribution in [2.45, 2.75) is 13.0 Å². The highest BCUT2D eigenvalue weighted by molar-refractivity contribution is 5.88. The van der Waals surface area contributed by atoms with E-state index < -0.39 is 0 Å². The Morgan fingerprint density at radius 1 is 1.77 bits per heavy atom. The smallest absolute Gasteiger partial charge is 0.249 e. The van der Waals surface area contributed by atoms with Crippen LogP contribution in [0.15, 0.2) is 0 Å². The van der Waals surface area contributed by atoms with E-state index in [4.69, 9.17) is 4.74 Å². The van der Waals surface area contributed by atoms with E-state index in [0.717, 1.165) is 0 Å². The summed E-state index contributed by atoms with van der Waals surface area (Å²) in [6.45, 7) is 2.84. The van der Waals surface area contributed by atoms with E-state index >= 15 is 0 Å². The molecule has 0 bridgehead atoms. The van der Waals surface area contributed by atoms with Crippen LogP contribution in [0, 0.1) is 0 Å². The second-order valence-corrected chi connectivity index (χ2v) is 2.99. The molecule has 13 heavy (non-hydrogen) atoms. The highest BCUT2D eigenvalue weighted by Gasteiger charge is 2.28. The van der Waals surface area contributed by atoms with Crippen molar-refractivity contribution >= 4 is 11.8 Å². The van der Waals surface area contributed by atoms with Crippen LogP contribution in [0.25, 0.3) is 0 Å². The monoisotopic (exact) mass is 186 g/mol. The van der Waals surface area contributed by atoms with Crippen molar-refractivity contribution in [3.63, 3.8) is 0 Å². The molecule has 0 aromatic rings. The van der Waals surface area contributed by atoms with Gasteiger partial charge in [-0.05, 0) is 6.92 Å². The van der Waals surface area contributed by atoms with E-state index in [1.807, 2.05) is 0 Å². The summed E-state index contributed by atoms with van der Waals surface area (Å²) < 4.78 is 4.72. The van der Waals surface area contributed by atoms with Gasteiger partial charge in [0.2, 0.25) is 11.8 Å². The third-order valence-electron chi connectivity index (χ3n) is 2.09. The van der Waals surface area contributed by atoms with Gasteiger partial charge in [-0.25, -0.2) is 0 Å². The fourth-order valence-corrected chi connectivity index (χ4v) is 1.33. The quantitative estimate of drug-likeness (QED) is 0.600. The molecule has 0 aromatic carbocycles. The van der Waals surface area contributed by atoms with Crippen LogP contribution in [0.5, 0.6) is 0 Å². The number of rotatable bonds is 2. The third kappa shape index (κ3) is 2.18. The first-order valence-electron chi connectivity index (χ1n) is 4.23. The van der Waals surface area contributed by atoms with Crippen molar-refractivity contribution in [3.05, 3.63) is 0 Å². The Hall–Kier alpha value is -1.10. The number of hydrogen-bond donors (Lipinski definition) is 1. The second kappa shape index (κ2) is 4.23. The average Bonchev–Trinajstić information content (AvgIpc) is 2.10. The van der Waals surface area contributed by atoms with E-state index in [0.29, 0.717) is 13.1 Å². The number of piperazine rings is 1. The van der Waals surface area contributed by atoms with E-state index in [9.17, 15) is 9.59 Å². The minimum Gasteiger partial charge on any atom is -0.375 e. The molecule has 1 unspecified atom stereocenters. The molecule has 0 saturated carbocycles. The molecule has 1 fully saturated rings. The molecule has 0 radical (unpaired) electrons. The third-order valence-corrected chi connectivity index (χ3v) is 2.09. The van der Waals surface area contributed by atoms with Gasteiger partial charge in [-0.3, -0.25) is 9.59 Å². The van der Waals surface area contributed by atoms with Crippen molar-refractivity contribution in [2.75, 3.05) is 26.8 Å². The zero-order chi connectivity index (χ0) is 9.84. The van der Waals surface area contributed by atoms with Crippen molar-refractivity contribution < 1.29 is 14.3 Å². The summed E-state index contributed by atoms with van der Waals surface area (Å²) in [4.78, 5) is 24.1. The summed E-state index contributed by atoms with van der Waals surface area (Å²) >= 11 is 0. The lowest BCUT2D eigenvalue weighted by Crippen LogP contribution is -2.56. The Morgan fingerprint density at radius 3 is 3.08 bits per heavy atom. The van der Waals surface area contributed by atoms with Gasteiger partial charge in [-0.1, -0.05) is 0 Å². The van der Waals surface area contributed by atoms with Crippen LogP contribution in [0.4, 0.5) is 0 Å². The summed E-state index contributed by atoms with van der Waals surface area (Å²) in [6.07, 6.45) is 0. The van der Waals surface area contributed by atoms with Crippen LogP contribution in [-0.4, -0.2) is 49.6 Å². The fourth-order valence-electron chi connectivity index (χ4n) is 1.33. The molecule has 1 rings (SSSR count). The number of carbonyl (C=O) groups is 2. The Labute approximate surface area is 77.0 Å². The molecule has 1 aliphatic rings. The molecule has 0 aliphatic carbocycles. The van der Waals surface area contributed by atoms with Gasteiger partial charge < -0.3 is 15.0 Å². The van der Waals surface area contributed by atoms with Gasteiger partial charge in [0.15, 0.2) is 0 Å². The molecular formula is C8H14N2O3. The number of methoxy groups -OCH3 is 1. The first-order valence-corrected chi connectivity index (χ1v) is 4.23. The molecule has 0 aromatic heterocycles. The Bertz CT molecular complexity index is 217. The lowest BCUT2D eigenvalue weighted by atomic mass is 10.2. The molecule has 1 saturated heterocycles. The Balaban J connectivity index is 2.57. The zero-order valence-electron chi connectivity index (χ0n) is 7.87. The summed E-state index contributed by atoms with van der Waals surface area (Å²) in [5, 5.41) is 2.69. The molecule has 1 aliphatic heterocycles. The molecule has 2 amide bonds. The SMILES string of the molecule is COCC(=O)N1CCNC(=O)C1C. The van der Waals surface area contributed by atoms with Crippen LogP contribution in [0.2, 0.25) is 0 Å². The molecular weight excluding hydrogens is 172 g/mol. The van der Waals surface area contributed by atoms with E-state index in [1.165, 1.54) is 12.0 Å². The Morgan fingerprint density at radius 2 is 2.46 bits per heavy atom. The van der Waals surface area contributed by atoms with Crippen LogP contribution in [-0.2, 0) is 14.3 Å². The lowest BCUT2D eigenvalue weighted by molar-refractivity contribution is -0.145. The molecule has 1 atom stereocenters. The fraction of sp³-hybridized carbons (Fsp3) is 0.750. The first-order chi connectivity index (χ1) is 6.16. The van der Waals surface area contributed by atoms with Gasteiger partial charge in [-0.2, -0.15) is 0 Å². The standard InChI is InChI=1S/C8H14N2O3/c1-6-8(12)9-3-4-10(6)7(11)5-13-2/h6H,3-5H2,1-2H3,(H,9,12). The van der Waals surface area contributed by atoms with Gasteiger partial charge in [0.1, 0.15) is 12.6 Å². The number of amides is 2. The Kier molecular flexibility index (Phi) is 3.25. The summed E-state index contributed by atoms with van der Waals surface area (Å²) in [5.74, 6) is -0.236. The molecule has 5 nitrogen and oxygen atoms in total. The van der Waals surface area contributed by atoms with Crippen LogP contribution in [0.1, 0.15) is 6.92 Å². The van der Waals surface area contributed by atoms with Gasteiger partial charge in [0.05, 0.1) is 0 Å². The molecule has 74 valence electrons. The van der Waals surface area contributed by atoms with Crippen LogP contribution >= 0.6 is 0 Å². The van der Waals surface area contributed by atoms with Gasteiger partial charge in [0, 0.05) is 20.2 Å². The largest absolute Gasteiger partial charge is 0.375 e. The average molecular weight is 186 g/mol. The van der Waals surface area contributed by atoms with Gasteiger partial charge >= 0.3 is 0 Å². The lowest BCUT2D eigenvalue weighted by Gasteiger charge is -2.32. The molecule has 1 heterocycles. The van der Waals surface area contributed by atoms with E-state index in [1.54, 1.807) is 6.92 Å². The summed E-state index contributed by atoms with van der Waals surface area (Å²) in [6, 6.07) is -0.378. The molecule has 1 N–H and O–H groups in total. The van der Waals surface area contributed by atoms with Crippen LogP contribution in [0.3, 0.4) is 0 Å². The zero-order valence-corrected chi connectivity index (χ0v) is 7.87. The number of carbonyl (C=O) groups excluding carboxylic acids is 2. The first kappa shape index (κ1) is 9.98. The number of ether oxygens (including phenoxy) is 1. The van der Waals surface area contributed by atoms with E-state index in [-0.39, 0.29) is 24.5 Å². The van der Waals surface area contributed by atoms with E-state index in [2.05, 4.69) is 5.32 Å². The normalized spacial score (nSPS) is 22.8. The maximum absolute atomic E-state index is 11.4.